The van der Waals surface area contributed by atoms with Gasteiger partial charge in [0.1, 0.15) is 6.04 Å². The number of pyridine rings is 1. The molecule has 0 saturated carbocycles. The Balaban J connectivity index is 2.01. The number of unbranched alkanes of at least 4 members (excludes halogenated alkanes) is 1. The molecule has 4 heteroatoms. The maximum absolute atomic E-state index is 12.0. The second-order valence-electron chi connectivity index (χ2n) is 4.89. The van der Waals surface area contributed by atoms with E-state index in [1.165, 1.54) is 0 Å². The number of para-hydroxylation sites is 1. The number of hydrogen-bond acceptors (Lipinski definition) is 3. The molecule has 2 N–H and O–H groups in total. The largest absolute Gasteiger partial charge is 0.371 e. The number of nitrogens with one attached hydrogen (secondary N) is 2. The average molecular weight is 255 g/mol. The molecule has 1 aromatic heterocycles. The van der Waals surface area contributed by atoms with Crippen LogP contribution in [-0.4, -0.2) is 16.9 Å². The van der Waals surface area contributed by atoms with Crippen molar-refractivity contribution in [1.29, 1.82) is 0 Å². The summed E-state index contributed by atoms with van der Waals surface area (Å²) in [5, 5.41) is 7.38. The molecule has 3 rings (SSSR count). The highest BCUT2D eigenvalue weighted by Crippen LogP contribution is 2.33. The van der Waals surface area contributed by atoms with Gasteiger partial charge in [-0.3, -0.25) is 9.78 Å². The van der Waals surface area contributed by atoms with Crippen molar-refractivity contribution in [2.24, 2.45) is 0 Å². The van der Waals surface area contributed by atoms with Crippen molar-refractivity contribution >= 4 is 28.2 Å². The van der Waals surface area contributed by atoms with E-state index in [-0.39, 0.29) is 11.9 Å². The summed E-state index contributed by atoms with van der Waals surface area (Å²) in [5.74, 6) is 0.0398. The Hall–Kier alpha value is -2.10. The lowest BCUT2D eigenvalue weighted by Gasteiger charge is -2.27. The minimum atomic E-state index is -0.141. The Labute approximate surface area is 112 Å². The molecule has 0 bridgehead atoms. The third-order valence-electron chi connectivity index (χ3n) is 3.51. The molecular formula is C15H17N3O. The van der Waals surface area contributed by atoms with Gasteiger partial charge in [-0.1, -0.05) is 38.0 Å². The van der Waals surface area contributed by atoms with Gasteiger partial charge in [-0.2, -0.15) is 0 Å². The molecule has 4 nitrogen and oxygen atoms in total. The molecular weight excluding hydrogens is 238 g/mol. The molecule has 0 spiro atoms. The molecule has 0 aliphatic carbocycles. The molecule has 1 atom stereocenters. The lowest BCUT2D eigenvalue weighted by Crippen LogP contribution is -2.38. The summed E-state index contributed by atoms with van der Waals surface area (Å²) in [6.07, 6.45) is 4.72. The van der Waals surface area contributed by atoms with E-state index in [9.17, 15) is 4.79 Å². The first kappa shape index (κ1) is 12.0. The highest BCUT2D eigenvalue weighted by atomic mass is 16.2. The monoisotopic (exact) mass is 255 g/mol. The molecule has 1 aliphatic rings. The van der Waals surface area contributed by atoms with E-state index in [4.69, 9.17) is 0 Å². The SMILES string of the molecule is CCCCC1Nc2c(cnc3ccccc23)NC1=O. The predicted octanol–water partition coefficient (Wildman–Crippen LogP) is 3.16. The van der Waals surface area contributed by atoms with Gasteiger partial charge in [0.25, 0.3) is 0 Å². The standard InChI is InChI=1S/C15H17N3O/c1-2-3-7-12-15(19)18-13-9-16-11-8-5-4-6-10(11)14(13)17-12/h4-6,8-9,12,17H,2-3,7H2,1H3,(H,18,19). The Kier molecular flexibility index (Phi) is 3.07. The second kappa shape index (κ2) is 4.88. The highest BCUT2D eigenvalue weighted by Gasteiger charge is 2.26. The summed E-state index contributed by atoms with van der Waals surface area (Å²) in [6, 6.07) is 7.83. The van der Waals surface area contributed by atoms with E-state index in [1.807, 2.05) is 24.3 Å². The molecule has 1 unspecified atom stereocenters. The zero-order valence-electron chi connectivity index (χ0n) is 10.9. The van der Waals surface area contributed by atoms with Crippen molar-refractivity contribution in [3.8, 4) is 0 Å². The van der Waals surface area contributed by atoms with Gasteiger partial charge in [0.05, 0.1) is 23.1 Å². The number of carbonyl (C=O) groups is 1. The Morgan fingerprint density at radius 3 is 3.00 bits per heavy atom. The van der Waals surface area contributed by atoms with Crippen molar-refractivity contribution < 1.29 is 4.79 Å². The summed E-state index contributed by atoms with van der Waals surface area (Å²) in [7, 11) is 0. The molecule has 19 heavy (non-hydrogen) atoms. The van der Waals surface area contributed by atoms with Gasteiger partial charge in [-0.15, -0.1) is 0 Å². The fraction of sp³-hybridized carbons (Fsp3) is 0.333. The normalized spacial score (nSPS) is 17.7. The number of amides is 1. The summed E-state index contributed by atoms with van der Waals surface area (Å²) in [6.45, 7) is 2.13. The van der Waals surface area contributed by atoms with Gasteiger partial charge in [-0.25, -0.2) is 0 Å². The van der Waals surface area contributed by atoms with Gasteiger partial charge in [0.2, 0.25) is 5.91 Å². The zero-order chi connectivity index (χ0) is 13.2. The number of hydrogen-bond donors (Lipinski definition) is 2. The van der Waals surface area contributed by atoms with Gasteiger partial charge in [-0.05, 0) is 12.5 Å². The van der Waals surface area contributed by atoms with Gasteiger partial charge >= 0.3 is 0 Å². The number of fused-ring (bicyclic) bond motifs is 3. The van der Waals surface area contributed by atoms with E-state index in [0.717, 1.165) is 41.5 Å². The topological polar surface area (TPSA) is 54.0 Å². The van der Waals surface area contributed by atoms with E-state index in [2.05, 4.69) is 22.5 Å². The third kappa shape index (κ3) is 2.14. The summed E-state index contributed by atoms with van der Waals surface area (Å²) < 4.78 is 0. The quantitative estimate of drug-likeness (QED) is 0.885. The maximum atomic E-state index is 12.0. The first-order valence-corrected chi connectivity index (χ1v) is 6.74. The Bertz CT molecular complexity index is 624. The number of rotatable bonds is 3. The Morgan fingerprint density at radius 2 is 2.16 bits per heavy atom. The fourth-order valence-corrected chi connectivity index (χ4v) is 2.46. The number of carbonyl (C=O) groups excluding carboxylic acids is 1. The van der Waals surface area contributed by atoms with Crippen LogP contribution >= 0.6 is 0 Å². The van der Waals surface area contributed by atoms with Gasteiger partial charge in [0.15, 0.2) is 0 Å². The Morgan fingerprint density at radius 1 is 1.32 bits per heavy atom. The number of nitrogens with zero attached hydrogens (tertiary/aromatic N) is 1. The van der Waals surface area contributed by atoms with Gasteiger partial charge < -0.3 is 10.6 Å². The van der Waals surface area contributed by atoms with Crippen molar-refractivity contribution in [1.82, 2.24) is 4.98 Å². The van der Waals surface area contributed by atoms with Crippen molar-refractivity contribution in [3.05, 3.63) is 30.5 Å². The average Bonchev–Trinajstić information content (AvgIpc) is 2.45. The van der Waals surface area contributed by atoms with Crippen LogP contribution in [0.2, 0.25) is 0 Å². The number of anilines is 2. The molecule has 0 saturated heterocycles. The molecule has 98 valence electrons. The molecule has 0 fully saturated rings. The highest BCUT2D eigenvalue weighted by molar-refractivity contribution is 6.09. The number of aromatic nitrogens is 1. The molecule has 0 radical (unpaired) electrons. The minimum absolute atomic E-state index is 0.0398. The summed E-state index contributed by atoms with van der Waals surface area (Å²) in [4.78, 5) is 16.4. The van der Waals surface area contributed by atoms with Crippen LogP contribution in [0, 0.1) is 0 Å². The smallest absolute Gasteiger partial charge is 0.246 e. The predicted molar refractivity (Wildman–Crippen MR) is 77.3 cm³/mol. The van der Waals surface area contributed by atoms with E-state index >= 15 is 0 Å². The van der Waals surface area contributed by atoms with Crippen LogP contribution in [-0.2, 0) is 4.79 Å². The number of benzene rings is 1. The fourth-order valence-electron chi connectivity index (χ4n) is 2.46. The molecule has 1 aromatic carbocycles. The van der Waals surface area contributed by atoms with E-state index in [1.54, 1.807) is 6.20 Å². The third-order valence-corrected chi connectivity index (χ3v) is 3.51. The van der Waals surface area contributed by atoms with Crippen molar-refractivity contribution in [2.75, 3.05) is 10.6 Å². The lowest BCUT2D eigenvalue weighted by atomic mass is 10.0. The first-order chi connectivity index (χ1) is 9.29. The second-order valence-corrected chi connectivity index (χ2v) is 4.89. The van der Waals surface area contributed by atoms with Crippen molar-refractivity contribution in [3.63, 3.8) is 0 Å². The van der Waals surface area contributed by atoms with Crippen LogP contribution in [0.5, 0.6) is 0 Å². The molecule has 1 aliphatic heterocycles. The van der Waals surface area contributed by atoms with Crippen LogP contribution < -0.4 is 10.6 Å². The van der Waals surface area contributed by atoms with Crippen LogP contribution in [0.4, 0.5) is 11.4 Å². The van der Waals surface area contributed by atoms with E-state index < -0.39 is 0 Å². The maximum Gasteiger partial charge on any atom is 0.246 e. The molecule has 1 amide bonds. The minimum Gasteiger partial charge on any atom is -0.371 e. The van der Waals surface area contributed by atoms with E-state index in [0.29, 0.717) is 0 Å². The van der Waals surface area contributed by atoms with Gasteiger partial charge in [0, 0.05) is 5.39 Å². The summed E-state index contributed by atoms with van der Waals surface area (Å²) >= 11 is 0. The van der Waals surface area contributed by atoms with Crippen LogP contribution in [0.25, 0.3) is 10.9 Å². The van der Waals surface area contributed by atoms with Crippen LogP contribution in [0.3, 0.4) is 0 Å². The van der Waals surface area contributed by atoms with Crippen molar-refractivity contribution in [2.45, 2.75) is 32.2 Å². The first-order valence-electron chi connectivity index (χ1n) is 6.74. The zero-order valence-corrected chi connectivity index (χ0v) is 10.9. The van der Waals surface area contributed by atoms with Crippen LogP contribution in [0.15, 0.2) is 30.5 Å². The lowest BCUT2D eigenvalue weighted by molar-refractivity contribution is -0.117. The summed E-state index contributed by atoms with van der Waals surface area (Å²) in [5.41, 5.74) is 2.71. The molecule has 2 heterocycles. The molecule has 2 aromatic rings. The van der Waals surface area contributed by atoms with Crippen LogP contribution in [0.1, 0.15) is 26.2 Å².